The monoisotopic (exact) mass is 355 g/mol. The second kappa shape index (κ2) is 7.47. The zero-order valence-electron chi connectivity index (χ0n) is 13.4. The number of ether oxygens (including phenoxy) is 1. The number of rotatable bonds is 4. The van der Waals surface area contributed by atoms with Gasteiger partial charge in [0.05, 0.1) is 11.1 Å². The SMILES string of the molecule is O=C(COC(=O)c1c[nH]c2ccccc12)NNC(=O)c1ccccc1F. The predicted molar refractivity (Wildman–Crippen MR) is 90.6 cm³/mol. The number of aromatic nitrogens is 1. The van der Waals surface area contributed by atoms with E-state index in [-0.39, 0.29) is 5.56 Å². The van der Waals surface area contributed by atoms with Gasteiger partial charge in [-0.15, -0.1) is 0 Å². The number of aromatic amines is 1. The van der Waals surface area contributed by atoms with E-state index >= 15 is 0 Å². The van der Waals surface area contributed by atoms with Crippen molar-refractivity contribution in [1.82, 2.24) is 15.8 Å². The van der Waals surface area contributed by atoms with Crippen molar-refractivity contribution >= 4 is 28.7 Å². The van der Waals surface area contributed by atoms with Crippen molar-refractivity contribution in [3.05, 3.63) is 71.7 Å². The van der Waals surface area contributed by atoms with Crippen LogP contribution in [0.25, 0.3) is 10.9 Å². The molecular weight excluding hydrogens is 341 g/mol. The van der Waals surface area contributed by atoms with Crippen LogP contribution in [0.2, 0.25) is 0 Å². The molecule has 1 aromatic heterocycles. The van der Waals surface area contributed by atoms with Crippen LogP contribution in [0.15, 0.2) is 54.7 Å². The van der Waals surface area contributed by atoms with Crippen LogP contribution in [0.3, 0.4) is 0 Å². The van der Waals surface area contributed by atoms with Crippen LogP contribution in [0.4, 0.5) is 4.39 Å². The summed E-state index contributed by atoms with van der Waals surface area (Å²) >= 11 is 0. The molecule has 0 atom stereocenters. The van der Waals surface area contributed by atoms with Crippen molar-refractivity contribution in [1.29, 1.82) is 0 Å². The molecule has 7 nitrogen and oxygen atoms in total. The molecular formula is C18H14FN3O4. The van der Waals surface area contributed by atoms with E-state index in [2.05, 4.69) is 15.8 Å². The molecule has 8 heteroatoms. The molecule has 26 heavy (non-hydrogen) atoms. The van der Waals surface area contributed by atoms with Crippen LogP contribution in [0, 0.1) is 5.82 Å². The van der Waals surface area contributed by atoms with E-state index in [0.717, 1.165) is 11.6 Å². The predicted octanol–water partition coefficient (Wildman–Crippen LogP) is 1.93. The molecule has 3 N–H and O–H groups in total. The fraction of sp³-hybridized carbons (Fsp3) is 0.0556. The summed E-state index contributed by atoms with van der Waals surface area (Å²) in [6.45, 7) is -0.601. The molecule has 0 saturated carbocycles. The lowest BCUT2D eigenvalue weighted by Crippen LogP contribution is -2.43. The Kier molecular flexibility index (Phi) is 4.93. The number of carbonyl (C=O) groups is 3. The number of esters is 1. The summed E-state index contributed by atoms with van der Waals surface area (Å²) in [6.07, 6.45) is 1.49. The number of H-pyrrole nitrogens is 1. The zero-order valence-corrected chi connectivity index (χ0v) is 13.4. The Morgan fingerprint density at radius 2 is 1.69 bits per heavy atom. The van der Waals surface area contributed by atoms with Gasteiger partial charge in [-0.3, -0.25) is 20.4 Å². The maximum Gasteiger partial charge on any atom is 0.340 e. The Hall–Kier alpha value is -3.68. The van der Waals surface area contributed by atoms with Gasteiger partial charge in [-0.05, 0) is 18.2 Å². The minimum atomic E-state index is -0.820. The van der Waals surface area contributed by atoms with Gasteiger partial charge in [-0.25, -0.2) is 9.18 Å². The number of hydrazine groups is 1. The lowest BCUT2D eigenvalue weighted by molar-refractivity contribution is -0.125. The molecule has 0 aliphatic carbocycles. The van der Waals surface area contributed by atoms with Crippen LogP contribution in [-0.4, -0.2) is 29.4 Å². The van der Waals surface area contributed by atoms with Crippen LogP contribution in [0.1, 0.15) is 20.7 Å². The normalized spacial score (nSPS) is 10.3. The summed E-state index contributed by atoms with van der Waals surface area (Å²) in [5, 5.41) is 0.672. The Morgan fingerprint density at radius 3 is 2.50 bits per heavy atom. The summed E-state index contributed by atoms with van der Waals surface area (Å²) < 4.78 is 18.4. The number of para-hydroxylation sites is 1. The first-order valence-electron chi connectivity index (χ1n) is 7.63. The molecule has 0 bridgehead atoms. The molecule has 0 fully saturated rings. The number of hydrogen-bond donors (Lipinski definition) is 3. The van der Waals surface area contributed by atoms with Crippen molar-refractivity contribution in [2.75, 3.05) is 6.61 Å². The number of amides is 2. The van der Waals surface area contributed by atoms with Gasteiger partial charge in [0.1, 0.15) is 5.82 Å². The van der Waals surface area contributed by atoms with Crippen LogP contribution >= 0.6 is 0 Å². The lowest BCUT2D eigenvalue weighted by atomic mass is 10.2. The Morgan fingerprint density at radius 1 is 0.962 bits per heavy atom. The van der Waals surface area contributed by atoms with Gasteiger partial charge in [-0.1, -0.05) is 30.3 Å². The minimum Gasteiger partial charge on any atom is -0.452 e. The van der Waals surface area contributed by atoms with Gasteiger partial charge in [0.25, 0.3) is 11.8 Å². The van der Waals surface area contributed by atoms with Gasteiger partial charge in [0, 0.05) is 17.1 Å². The highest BCUT2D eigenvalue weighted by Gasteiger charge is 2.16. The van der Waals surface area contributed by atoms with Crippen molar-refractivity contribution < 1.29 is 23.5 Å². The second-order valence-electron chi connectivity index (χ2n) is 5.31. The van der Waals surface area contributed by atoms with Gasteiger partial charge < -0.3 is 9.72 Å². The standard InChI is InChI=1S/C18H14FN3O4/c19-14-7-3-1-6-12(14)17(24)22-21-16(23)10-26-18(25)13-9-20-15-8-4-2-5-11(13)15/h1-9,20H,10H2,(H,21,23)(H,22,24). The van der Waals surface area contributed by atoms with E-state index in [1.165, 1.54) is 24.4 Å². The summed E-state index contributed by atoms with van der Waals surface area (Å²) in [4.78, 5) is 38.5. The molecule has 0 aliphatic heterocycles. The molecule has 0 saturated heterocycles. The highest BCUT2D eigenvalue weighted by Crippen LogP contribution is 2.18. The highest BCUT2D eigenvalue weighted by atomic mass is 19.1. The van der Waals surface area contributed by atoms with Crippen LogP contribution in [-0.2, 0) is 9.53 Å². The van der Waals surface area contributed by atoms with Crippen LogP contribution in [0.5, 0.6) is 0 Å². The quantitative estimate of drug-likeness (QED) is 0.492. The van der Waals surface area contributed by atoms with E-state index < -0.39 is 30.2 Å². The van der Waals surface area contributed by atoms with Crippen LogP contribution < -0.4 is 10.9 Å². The number of nitrogens with one attached hydrogen (secondary N) is 3. The van der Waals surface area contributed by atoms with Gasteiger partial charge in [0.2, 0.25) is 0 Å². The molecule has 0 spiro atoms. The maximum atomic E-state index is 13.5. The molecule has 3 aromatic rings. The molecule has 0 aliphatic rings. The molecule has 0 radical (unpaired) electrons. The first-order chi connectivity index (χ1) is 12.6. The average Bonchev–Trinajstić information content (AvgIpc) is 3.08. The average molecular weight is 355 g/mol. The zero-order chi connectivity index (χ0) is 18.5. The third kappa shape index (κ3) is 3.69. The maximum absolute atomic E-state index is 13.5. The van der Waals surface area contributed by atoms with Gasteiger partial charge in [-0.2, -0.15) is 0 Å². The summed E-state index contributed by atoms with van der Waals surface area (Å²) in [5.74, 6) is -2.98. The molecule has 132 valence electrons. The summed E-state index contributed by atoms with van der Waals surface area (Å²) in [5.41, 5.74) is 4.95. The molecule has 0 unspecified atom stereocenters. The first-order valence-corrected chi connectivity index (χ1v) is 7.63. The van der Waals surface area contributed by atoms with E-state index in [1.54, 1.807) is 18.2 Å². The number of fused-ring (bicyclic) bond motifs is 1. The number of halogens is 1. The third-order valence-corrected chi connectivity index (χ3v) is 3.58. The highest BCUT2D eigenvalue weighted by molar-refractivity contribution is 6.04. The lowest BCUT2D eigenvalue weighted by Gasteiger charge is -2.08. The summed E-state index contributed by atoms with van der Waals surface area (Å²) in [6, 6.07) is 12.5. The second-order valence-corrected chi connectivity index (χ2v) is 5.31. The van der Waals surface area contributed by atoms with E-state index in [9.17, 15) is 18.8 Å². The van der Waals surface area contributed by atoms with E-state index in [4.69, 9.17) is 4.74 Å². The van der Waals surface area contributed by atoms with Crippen molar-refractivity contribution in [3.8, 4) is 0 Å². The minimum absolute atomic E-state index is 0.219. The Bertz CT molecular complexity index is 983. The summed E-state index contributed by atoms with van der Waals surface area (Å²) in [7, 11) is 0. The smallest absolute Gasteiger partial charge is 0.340 e. The third-order valence-electron chi connectivity index (χ3n) is 3.58. The van der Waals surface area contributed by atoms with Crippen molar-refractivity contribution in [2.24, 2.45) is 0 Å². The fourth-order valence-electron chi connectivity index (χ4n) is 2.32. The molecule has 2 amide bonds. The largest absolute Gasteiger partial charge is 0.452 e. The van der Waals surface area contributed by atoms with Gasteiger partial charge >= 0.3 is 5.97 Å². The molecule has 1 heterocycles. The number of hydrogen-bond acceptors (Lipinski definition) is 4. The number of carbonyl (C=O) groups excluding carboxylic acids is 3. The molecule has 2 aromatic carbocycles. The fourth-order valence-corrected chi connectivity index (χ4v) is 2.32. The van der Waals surface area contributed by atoms with E-state index in [0.29, 0.717) is 10.9 Å². The van der Waals surface area contributed by atoms with Crippen molar-refractivity contribution in [2.45, 2.75) is 0 Å². The first kappa shape index (κ1) is 17.2. The number of benzene rings is 2. The topological polar surface area (TPSA) is 100 Å². The molecule has 3 rings (SSSR count). The Balaban J connectivity index is 1.52. The van der Waals surface area contributed by atoms with Gasteiger partial charge in [0.15, 0.2) is 6.61 Å². The van der Waals surface area contributed by atoms with Crippen molar-refractivity contribution in [3.63, 3.8) is 0 Å². The van der Waals surface area contributed by atoms with E-state index in [1.807, 2.05) is 6.07 Å². The Labute approximate surface area is 147 Å².